The monoisotopic (exact) mass is 349 g/mol. The number of carbonyl (C=O) groups is 1. The van der Waals surface area contributed by atoms with Crippen molar-refractivity contribution in [3.05, 3.63) is 41.1 Å². The maximum atomic E-state index is 14.3. The van der Waals surface area contributed by atoms with Crippen molar-refractivity contribution >= 4 is 17.5 Å². The van der Waals surface area contributed by atoms with E-state index < -0.39 is 11.6 Å². The van der Waals surface area contributed by atoms with Crippen LogP contribution >= 0.6 is 0 Å². The molecule has 0 bridgehead atoms. The summed E-state index contributed by atoms with van der Waals surface area (Å²) in [7, 11) is 3.18. The summed E-state index contributed by atoms with van der Waals surface area (Å²) in [5.74, 6) is -1.66. The Morgan fingerprint density at radius 2 is 1.92 bits per heavy atom. The second kappa shape index (κ2) is 7.25. The summed E-state index contributed by atoms with van der Waals surface area (Å²) in [5.41, 5.74) is 2.71. The number of halogens is 2. The summed E-state index contributed by atoms with van der Waals surface area (Å²) in [4.78, 5) is 12.8. The molecule has 8 heteroatoms. The number of carboxylic acid groups (broad SMARTS) is 1. The van der Waals surface area contributed by atoms with E-state index in [1.165, 1.54) is 13.2 Å². The minimum absolute atomic E-state index is 0.0198. The molecule has 0 aliphatic carbocycles. The van der Waals surface area contributed by atoms with Crippen molar-refractivity contribution < 1.29 is 23.4 Å². The van der Waals surface area contributed by atoms with Gasteiger partial charge in [0.2, 0.25) is 0 Å². The lowest BCUT2D eigenvalue weighted by Gasteiger charge is -2.11. The smallest absolute Gasteiger partial charge is 0.290 e. The normalized spacial score (nSPS) is 10.3. The Labute approximate surface area is 142 Å². The first-order valence-electron chi connectivity index (χ1n) is 7.26. The largest absolute Gasteiger partial charge is 0.496 e. The van der Waals surface area contributed by atoms with Crippen molar-refractivity contribution in [2.24, 2.45) is 7.05 Å². The molecule has 0 fully saturated rings. The number of aryl methyl sites for hydroxylation is 3. The van der Waals surface area contributed by atoms with Gasteiger partial charge in [0.25, 0.3) is 6.47 Å². The van der Waals surface area contributed by atoms with E-state index in [0.29, 0.717) is 11.3 Å². The zero-order chi connectivity index (χ0) is 18.7. The quantitative estimate of drug-likeness (QED) is 0.719. The molecule has 0 unspecified atom stereocenters. The maximum absolute atomic E-state index is 14.3. The first kappa shape index (κ1) is 18.3. The first-order valence-corrected chi connectivity index (χ1v) is 7.26. The van der Waals surface area contributed by atoms with E-state index in [2.05, 4.69) is 10.1 Å². The van der Waals surface area contributed by atoms with Gasteiger partial charge in [0.15, 0.2) is 17.3 Å². The Bertz CT molecular complexity index is 939. The van der Waals surface area contributed by atoms with Gasteiger partial charge < -0.3 is 9.84 Å². The third-order valence-electron chi connectivity index (χ3n) is 3.70. The number of pyridine rings is 1. The molecule has 0 aliphatic rings. The van der Waals surface area contributed by atoms with E-state index in [9.17, 15) is 8.78 Å². The molecule has 0 radical (unpaired) electrons. The van der Waals surface area contributed by atoms with E-state index in [1.54, 1.807) is 17.8 Å². The number of benzene rings is 1. The Balaban J connectivity index is 0.000000701. The molecule has 2 aromatic heterocycles. The van der Waals surface area contributed by atoms with Crippen molar-refractivity contribution in [1.82, 2.24) is 14.8 Å². The molecule has 1 aromatic carbocycles. The molecule has 3 rings (SSSR count). The lowest BCUT2D eigenvalue weighted by molar-refractivity contribution is -0.122. The van der Waals surface area contributed by atoms with Gasteiger partial charge in [-0.2, -0.15) is 5.10 Å². The van der Waals surface area contributed by atoms with Gasteiger partial charge >= 0.3 is 0 Å². The van der Waals surface area contributed by atoms with E-state index >= 15 is 0 Å². The van der Waals surface area contributed by atoms with Crippen LogP contribution in [0.4, 0.5) is 8.78 Å². The second-order valence-electron chi connectivity index (χ2n) is 5.28. The lowest BCUT2D eigenvalue weighted by atomic mass is 10.0. The van der Waals surface area contributed by atoms with Crippen LogP contribution in [0.3, 0.4) is 0 Å². The van der Waals surface area contributed by atoms with Crippen LogP contribution in [-0.2, 0) is 11.8 Å². The van der Waals surface area contributed by atoms with Gasteiger partial charge in [-0.15, -0.1) is 0 Å². The molecule has 2 heterocycles. The summed E-state index contributed by atoms with van der Waals surface area (Å²) >= 11 is 0. The molecule has 132 valence electrons. The summed E-state index contributed by atoms with van der Waals surface area (Å²) in [6, 6.07) is 4.15. The van der Waals surface area contributed by atoms with Crippen molar-refractivity contribution in [3.63, 3.8) is 0 Å². The third kappa shape index (κ3) is 3.28. The van der Waals surface area contributed by atoms with E-state index in [0.717, 1.165) is 22.7 Å². The number of nitrogens with zero attached hydrogens (tertiary/aromatic N) is 3. The van der Waals surface area contributed by atoms with Crippen molar-refractivity contribution in [2.75, 3.05) is 7.11 Å². The summed E-state index contributed by atoms with van der Waals surface area (Å²) in [5, 5.41) is 12.1. The Morgan fingerprint density at radius 1 is 1.28 bits per heavy atom. The molecule has 0 saturated heterocycles. The number of aromatic nitrogens is 3. The van der Waals surface area contributed by atoms with E-state index in [-0.39, 0.29) is 17.8 Å². The lowest BCUT2D eigenvalue weighted by Crippen LogP contribution is -1.99. The highest BCUT2D eigenvalue weighted by Crippen LogP contribution is 2.35. The van der Waals surface area contributed by atoms with Crippen LogP contribution in [0, 0.1) is 25.5 Å². The summed E-state index contributed by atoms with van der Waals surface area (Å²) in [6.45, 7) is 3.53. The van der Waals surface area contributed by atoms with Crippen LogP contribution in [0.25, 0.3) is 22.3 Å². The fraction of sp³-hybridized carbons (Fsp3) is 0.235. The van der Waals surface area contributed by atoms with Gasteiger partial charge in [0.1, 0.15) is 5.75 Å². The summed E-state index contributed by atoms with van der Waals surface area (Å²) < 4.78 is 34.6. The molecule has 3 aromatic rings. The van der Waals surface area contributed by atoms with Gasteiger partial charge in [-0.25, -0.2) is 13.8 Å². The second-order valence-corrected chi connectivity index (χ2v) is 5.28. The fourth-order valence-electron chi connectivity index (χ4n) is 2.73. The van der Waals surface area contributed by atoms with Crippen LogP contribution in [-0.4, -0.2) is 33.5 Å². The maximum Gasteiger partial charge on any atom is 0.290 e. The highest BCUT2D eigenvalue weighted by atomic mass is 19.2. The predicted molar refractivity (Wildman–Crippen MR) is 88.6 cm³/mol. The molecular weight excluding hydrogens is 332 g/mol. The van der Waals surface area contributed by atoms with Crippen LogP contribution in [0.15, 0.2) is 18.2 Å². The van der Waals surface area contributed by atoms with Gasteiger partial charge in [-0.3, -0.25) is 9.48 Å². The molecule has 6 nitrogen and oxygen atoms in total. The zero-order valence-electron chi connectivity index (χ0n) is 14.2. The van der Waals surface area contributed by atoms with Crippen LogP contribution in [0.1, 0.15) is 11.3 Å². The molecule has 0 atom stereocenters. The number of hydrogen-bond donors (Lipinski definition) is 1. The van der Waals surface area contributed by atoms with Crippen LogP contribution in [0.5, 0.6) is 5.75 Å². The molecule has 0 amide bonds. The van der Waals surface area contributed by atoms with E-state index in [4.69, 9.17) is 14.6 Å². The number of ether oxygens (including phenoxy) is 1. The Morgan fingerprint density at radius 3 is 2.52 bits per heavy atom. The average molecular weight is 349 g/mol. The molecule has 1 N–H and O–H groups in total. The Kier molecular flexibility index (Phi) is 5.31. The van der Waals surface area contributed by atoms with Crippen molar-refractivity contribution in [1.29, 1.82) is 0 Å². The van der Waals surface area contributed by atoms with E-state index in [1.807, 2.05) is 13.8 Å². The van der Waals surface area contributed by atoms with Crippen LogP contribution in [0.2, 0.25) is 0 Å². The number of fused-ring (bicyclic) bond motifs is 1. The first-order chi connectivity index (χ1) is 11.8. The highest BCUT2D eigenvalue weighted by Gasteiger charge is 2.20. The highest BCUT2D eigenvalue weighted by molar-refractivity contribution is 5.85. The van der Waals surface area contributed by atoms with Gasteiger partial charge in [-0.1, -0.05) is 0 Å². The Hall–Kier alpha value is -3.03. The molecule has 25 heavy (non-hydrogen) atoms. The zero-order valence-corrected chi connectivity index (χ0v) is 14.2. The number of rotatable bonds is 2. The molecule has 0 aliphatic heterocycles. The molecule has 0 spiro atoms. The van der Waals surface area contributed by atoms with Gasteiger partial charge in [-0.05, 0) is 37.6 Å². The summed E-state index contributed by atoms with van der Waals surface area (Å²) in [6.07, 6.45) is 0. The predicted octanol–water partition coefficient (Wildman–Crippen LogP) is 3.24. The van der Waals surface area contributed by atoms with Crippen LogP contribution < -0.4 is 4.74 Å². The van der Waals surface area contributed by atoms with Crippen molar-refractivity contribution in [3.8, 4) is 17.0 Å². The van der Waals surface area contributed by atoms with Crippen molar-refractivity contribution in [2.45, 2.75) is 13.8 Å². The van der Waals surface area contributed by atoms with Gasteiger partial charge in [0.05, 0.1) is 24.1 Å². The fourth-order valence-corrected chi connectivity index (χ4v) is 2.73. The molecule has 0 saturated carbocycles. The SMILES string of the molecule is COc1ccc(F)c(F)c1-c1cc(C)c2c(C)nn(C)c2n1.O=CO. The number of methoxy groups -OCH3 is 1. The minimum atomic E-state index is -0.968. The third-order valence-corrected chi connectivity index (χ3v) is 3.70. The standard InChI is InChI=1S/C16H15F2N3O.CH2O2/c1-8-7-11(19-16-13(8)9(2)20-21(16)3)14-12(22-4)6-5-10(17)15(14)18;2-1-3/h5-7H,1-4H3;1H,(H,2,3). The average Bonchev–Trinajstić information content (AvgIpc) is 2.85. The van der Waals surface area contributed by atoms with Gasteiger partial charge in [0, 0.05) is 12.4 Å². The topological polar surface area (TPSA) is 77.2 Å². The molecular formula is C17H17F2N3O3. The minimum Gasteiger partial charge on any atom is -0.496 e. The number of hydrogen-bond acceptors (Lipinski definition) is 4.